The Bertz CT molecular complexity index is 816. The third-order valence-corrected chi connectivity index (χ3v) is 5.11. The first-order valence-electron chi connectivity index (χ1n) is 9.96. The van der Waals surface area contributed by atoms with Crippen LogP contribution < -0.4 is 0 Å². The van der Waals surface area contributed by atoms with Gasteiger partial charge in [-0.15, -0.1) is 0 Å². The fraction of sp³-hybridized carbons (Fsp3) is 0.667. The molecule has 0 N–H and O–H groups in total. The van der Waals surface area contributed by atoms with Crippen molar-refractivity contribution in [1.29, 1.82) is 0 Å². The standard InChI is InChI=1S/C21H31N3O3/c1-7-9-17-18-16(10-13(8-2)22-19(18)27-23-17)20(25)24(6)14-11-15(12-14)26-21(3,4)5/h10,14-15H,7-9,11-12H2,1-6H3. The molecule has 2 heterocycles. The number of aromatic nitrogens is 2. The maximum absolute atomic E-state index is 13.3. The van der Waals surface area contributed by atoms with Crippen molar-refractivity contribution in [2.45, 2.75) is 84.5 Å². The topological polar surface area (TPSA) is 68.5 Å². The van der Waals surface area contributed by atoms with Crippen molar-refractivity contribution < 1.29 is 14.1 Å². The predicted octanol–water partition coefficient (Wildman–Crippen LogP) is 4.16. The molecule has 1 saturated carbocycles. The van der Waals surface area contributed by atoms with Gasteiger partial charge in [-0.25, -0.2) is 4.98 Å². The van der Waals surface area contributed by atoms with Gasteiger partial charge in [0, 0.05) is 18.8 Å². The van der Waals surface area contributed by atoms with Crippen LogP contribution in [0, 0.1) is 0 Å². The van der Waals surface area contributed by atoms with E-state index >= 15 is 0 Å². The highest BCUT2D eigenvalue weighted by Crippen LogP contribution is 2.33. The van der Waals surface area contributed by atoms with E-state index in [1.165, 1.54) is 0 Å². The van der Waals surface area contributed by atoms with Crippen molar-refractivity contribution in [3.8, 4) is 0 Å². The molecule has 0 spiro atoms. The Morgan fingerprint density at radius 1 is 1.33 bits per heavy atom. The average Bonchev–Trinajstić information content (AvgIpc) is 2.98. The SMILES string of the molecule is CCCc1noc2nc(CC)cc(C(=O)N(C)C3CC(OC(C)(C)C)C3)c12. The molecule has 2 aromatic rings. The number of rotatable bonds is 6. The zero-order valence-corrected chi connectivity index (χ0v) is 17.3. The third-order valence-electron chi connectivity index (χ3n) is 5.11. The number of aryl methyl sites for hydroxylation is 2. The Kier molecular flexibility index (Phi) is 5.56. The molecule has 1 aliphatic rings. The van der Waals surface area contributed by atoms with E-state index in [4.69, 9.17) is 9.26 Å². The van der Waals surface area contributed by atoms with Crippen LogP contribution in [0.2, 0.25) is 0 Å². The summed E-state index contributed by atoms with van der Waals surface area (Å²) in [5.74, 6) is 0.0110. The van der Waals surface area contributed by atoms with Crippen molar-refractivity contribution in [3.63, 3.8) is 0 Å². The second-order valence-electron chi connectivity index (χ2n) is 8.47. The van der Waals surface area contributed by atoms with Gasteiger partial charge in [-0.2, -0.15) is 0 Å². The van der Waals surface area contributed by atoms with Gasteiger partial charge in [0.05, 0.1) is 28.3 Å². The molecule has 0 saturated heterocycles. The minimum absolute atomic E-state index is 0.0110. The molecule has 1 amide bonds. The highest BCUT2D eigenvalue weighted by atomic mass is 16.5. The number of fused-ring (bicyclic) bond motifs is 1. The molecule has 3 rings (SSSR count). The highest BCUT2D eigenvalue weighted by Gasteiger charge is 2.37. The Hall–Kier alpha value is -1.95. The van der Waals surface area contributed by atoms with Gasteiger partial charge in [-0.05, 0) is 52.5 Å². The Morgan fingerprint density at radius 2 is 2.04 bits per heavy atom. The summed E-state index contributed by atoms with van der Waals surface area (Å²) in [4.78, 5) is 19.7. The molecule has 1 aliphatic carbocycles. The third kappa shape index (κ3) is 4.15. The highest BCUT2D eigenvalue weighted by molar-refractivity contribution is 6.06. The molecule has 0 aromatic carbocycles. The second-order valence-corrected chi connectivity index (χ2v) is 8.47. The number of carbonyl (C=O) groups excluding carboxylic acids is 1. The summed E-state index contributed by atoms with van der Waals surface area (Å²) in [6, 6.07) is 2.10. The summed E-state index contributed by atoms with van der Waals surface area (Å²) in [5, 5.41) is 4.94. The van der Waals surface area contributed by atoms with Crippen LogP contribution in [0.25, 0.3) is 11.1 Å². The number of hydrogen-bond donors (Lipinski definition) is 0. The largest absolute Gasteiger partial charge is 0.372 e. The lowest BCUT2D eigenvalue weighted by Gasteiger charge is -2.43. The molecule has 0 unspecified atom stereocenters. The van der Waals surface area contributed by atoms with Crippen LogP contribution in [0.3, 0.4) is 0 Å². The molecule has 27 heavy (non-hydrogen) atoms. The van der Waals surface area contributed by atoms with Crippen molar-refractivity contribution in [2.24, 2.45) is 0 Å². The summed E-state index contributed by atoms with van der Waals surface area (Å²) in [6.07, 6.45) is 4.43. The quantitative estimate of drug-likeness (QED) is 0.761. The minimum atomic E-state index is -0.150. The molecular weight excluding hydrogens is 342 g/mol. The molecule has 0 bridgehead atoms. The first-order chi connectivity index (χ1) is 12.7. The van der Waals surface area contributed by atoms with Crippen LogP contribution in [0.15, 0.2) is 10.6 Å². The fourth-order valence-electron chi connectivity index (χ4n) is 3.62. The number of carbonyl (C=O) groups is 1. The van der Waals surface area contributed by atoms with Gasteiger partial charge in [0.15, 0.2) is 0 Å². The van der Waals surface area contributed by atoms with E-state index in [-0.39, 0.29) is 23.7 Å². The number of ether oxygens (including phenoxy) is 1. The summed E-state index contributed by atoms with van der Waals surface area (Å²) < 4.78 is 11.4. The molecular formula is C21H31N3O3. The predicted molar refractivity (Wildman–Crippen MR) is 105 cm³/mol. The smallest absolute Gasteiger partial charge is 0.259 e. The van der Waals surface area contributed by atoms with Gasteiger partial charge < -0.3 is 14.2 Å². The van der Waals surface area contributed by atoms with Crippen molar-refractivity contribution in [1.82, 2.24) is 15.0 Å². The maximum Gasteiger partial charge on any atom is 0.259 e. The van der Waals surface area contributed by atoms with E-state index in [0.717, 1.165) is 48.9 Å². The number of hydrogen-bond acceptors (Lipinski definition) is 5. The molecule has 0 atom stereocenters. The van der Waals surface area contributed by atoms with E-state index in [1.54, 1.807) is 0 Å². The minimum Gasteiger partial charge on any atom is -0.372 e. The normalized spacial score (nSPS) is 19.9. The van der Waals surface area contributed by atoms with Gasteiger partial charge in [-0.1, -0.05) is 25.4 Å². The molecule has 6 nitrogen and oxygen atoms in total. The van der Waals surface area contributed by atoms with E-state index in [0.29, 0.717) is 11.3 Å². The Labute approximate surface area is 161 Å². The van der Waals surface area contributed by atoms with Crippen LogP contribution in [0.1, 0.15) is 75.6 Å². The van der Waals surface area contributed by atoms with Crippen molar-refractivity contribution >= 4 is 17.0 Å². The van der Waals surface area contributed by atoms with Crippen molar-refractivity contribution in [3.05, 3.63) is 23.0 Å². The zero-order chi connectivity index (χ0) is 19.8. The van der Waals surface area contributed by atoms with Gasteiger partial charge in [0.1, 0.15) is 0 Å². The molecule has 0 radical (unpaired) electrons. The lowest BCUT2D eigenvalue weighted by atomic mass is 9.87. The molecule has 1 fully saturated rings. The summed E-state index contributed by atoms with van der Waals surface area (Å²) in [5.41, 5.74) is 2.65. The second kappa shape index (κ2) is 7.58. The molecule has 6 heteroatoms. The Morgan fingerprint density at radius 3 is 2.63 bits per heavy atom. The van der Waals surface area contributed by atoms with E-state index in [9.17, 15) is 4.79 Å². The molecule has 0 aliphatic heterocycles. The van der Waals surface area contributed by atoms with Crippen LogP contribution in [-0.2, 0) is 17.6 Å². The monoisotopic (exact) mass is 373 g/mol. The number of amides is 1. The first-order valence-corrected chi connectivity index (χ1v) is 9.96. The first kappa shape index (κ1) is 19.8. The van der Waals surface area contributed by atoms with Gasteiger partial charge in [0.2, 0.25) is 0 Å². The summed E-state index contributed by atoms with van der Waals surface area (Å²) >= 11 is 0. The molecule has 148 valence electrons. The number of pyridine rings is 1. The summed E-state index contributed by atoms with van der Waals surface area (Å²) in [6.45, 7) is 10.3. The summed E-state index contributed by atoms with van der Waals surface area (Å²) in [7, 11) is 1.88. The Balaban J connectivity index is 1.83. The molecule has 2 aromatic heterocycles. The van der Waals surface area contributed by atoms with Gasteiger partial charge >= 0.3 is 0 Å². The lowest BCUT2D eigenvalue weighted by molar-refractivity contribution is -0.113. The lowest BCUT2D eigenvalue weighted by Crippen LogP contribution is -2.50. The van der Waals surface area contributed by atoms with Crippen LogP contribution in [-0.4, -0.2) is 45.7 Å². The fourth-order valence-corrected chi connectivity index (χ4v) is 3.62. The van der Waals surface area contributed by atoms with Gasteiger partial charge in [0.25, 0.3) is 11.6 Å². The number of nitrogens with zero attached hydrogens (tertiary/aromatic N) is 3. The van der Waals surface area contributed by atoms with Crippen LogP contribution in [0.4, 0.5) is 0 Å². The van der Waals surface area contributed by atoms with E-state index in [1.807, 2.05) is 24.9 Å². The van der Waals surface area contributed by atoms with Gasteiger partial charge in [-0.3, -0.25) is 4.79 Å². The zero-order valence-electron chi connectivity index (χ0n) is 17.3. The average molecular weight is 373 g/mol. The van der Waals surface area contributed by atoms with E-state index in [2.05, 4.69) is 37.8 Å². The maximum atomic E-state index is 13.3. The van der Waals surface area contributed by atoms with E-state index < -0.39 is 0 Å². The van der Waals surface area contributed by atoms with Crippen molar-refractivity contribution in [2.75, 3.05) is 7.05 Å². The van der Waals surface area contributed by atoms with Crippen LogP contribution in [0.5, 0.6) is 0 Å². The van der Waals surface area contributed by atoms with Crippen LogP contribution >= 0.6 is 0 Å².